The molecule has 0 aliphatic carbocycles. The quantitative estimate of drug-likeness (QED) is 0.760. The lowest BCUT2D eigenvalue weighted by atomic mass is 10.0. The summed E-state index contributed by atoms with van der Waals surface area (Å²) in [5.41, 5.74) is 3.07. The summed E-state index contributed by atoms with van der Waals surface area (Å²) in [5.74, 6) is 0.382. The van der Waals surface area contributed by atoms with Crippen molar-refractivity contribution >= 4 is 21.6 Å². The molecule has 3 rings (SSSR count). The number of halogens is 1. The first-order valence-electron chi connectivity index (χ1n) is 9.20. The van der Waals surface area contributed by atoms with E-state index in [1.165, 1.54) is 0 Å². The van der Waals surface area contributed by atoms with Crippen LogP contribution in [0.1, 0.15) is 36.6 Å². The number of aryl methyl sites for hydroxylation is 2. The Labute approximate surface area is 166 Å². The van der Waals surface area contributed by atoms with Gasteiger partial charge < -0.3 is 0 Å². The maximum atomic E-state index is 12.9. The molecule has 1 aromatic carbocycles. The Morgan fingerprint density at radius 1 is 1.11 bits per heavy atom. The number of hydrogen-bond donors (Lipinski definition) is 0. The van der Waals surface area contributed by atoms with E-state index >= 15 is 0 Å². The predicted octanol–water partition coefficient (Wildman–Crippen LogP) is 3.01. The molecule has 0 N–H and O–H groups in total. The van der Waals surface area contributed by atoms with Crippen LogP contribution in [0.5, 0.6) is 0 Å². The molecule has 2 heterocycles. The maximum Gasteiger partial charge on any atom is 0.243 e. The highest BCUT2D eigenvalue weighted by molar-refractivity contribution is 7.89. The molecule has 0 amide bonds. The van der Waals surface area contributed by atoms with Gasteiger partial charge in [-0.2, -0.15) is 9.40 Å². The molecule has 1 aliphatic heterocycles. The molecule has 0 radical (unpaired) electrons. The molecule has 2 aromatic rings. The van der Waals surface area contributed by atoms with E-state index in [1.54, 1.807) is 21.1 Å². The van der Waals surface area contributed by atoms with E-state index in [0.29, 0.717) is 48.7 Å². The minimum atomic E-state index is -3.45. The average Bonchev–Trinajstić information content (AvgIpc) is 2.88. The van der Waals surface area contributed by atoms with Crippen LogP contribution in [-0.2, 0) is 23.6 Å². The fraction of sp³-hybridized carbons (Fsp3) is 0.526. The lowest BCUT2D eigenvalue weighted by Gasteiger charge is -2.34. The third kappa shape index (κ3) is 4.21. The van der Waals surface area contributed by atoms with E-state index in [4.69, 9.17) is 11.6 Å². The maximum absolute atomic E-state index is 12.9. The molecule has 8 heteroatoms. The van der Waals surface area contributed by atoms with Gasteiger partial charge in [0.25, 0.3) is 0 Å². The van der Waals surface area contributed by atoms with Gasteiger partial charge in [-0.15, -0.1) is 0 Å². The molecule has 0 bridgehead atoms. The first-order chi connectivity index (χ1) is 12.7. The van der Waals surface area contributed by atoms with Crippen molar-refractivity contribution in [1.82, 2.24) is 19.0 Å². The Hall–Kier alpha value is -1.41. The molecular weight excluding hydrogens is 384 g/mol. The summed E-state index contributed by atoms with van der Waals surface area (Å²) in [6, 6.07) is 7.24. The van der Waals surface area contributed by atoms with Crippen molar-refractivity contribution in [2.75, 3.05) is 26.2 Å². The molecule has 0 unspecified atom stereocenters. The van der Waals surface area contributed by atoms with Crippen molar-refractivity contribution < 1.29 is 8.42 Å². The average molecular weight is 411 g/mol. The van der Waals surface area contributed by atoms with E-state index in [2.05, 4.69) is 23.8 Å². The lowest BCUT2D eigenvalue weighted by Crippen LogP contribution is -2.48. The minimum Gasteiger partial charge on any atom is -0.296 e. The molecule has 0 atom stereocenters. The molecule has 1 fully saturated rings. The fourth-order valence-electron chi connectivity index (χ4n) is 3.38. The van der Waals surface area contributed by atoms with Crippen LogP contribution < -0.4 is 0 Å². The summed E-state index contributed by atoms with van der Waals surface area (Å²) in [6.07, 6.45) is 0. The van der Waals surface area contributed by atoms with Gasteiger partial charge in [-0.3, -0.25) is 9.58 Å². The van der Waals surface area contributed by atoms with Crippen LogP contribution in [0.25, 0.3) is 0 Å². The van der Waals surface area contributed by atoms with Gasteiger partial charge >= 0.3 is 0 Å². The van der Waals surface area contributed by atoms with Gasteiger partial charge in [-0.25, -0.2) is 8.42 Å². The molecule has 1 aliphatic rings. The highest BCUT2D eigenvalue weighted by Gasteiger charge is 2.29. The van der Waals surface area contributed by atoms with E-state index < -0.39 is 10.0 Å². The molecule has 0 spiro atoms. The third-order valence-corrected chi connectivity index (χ3v) is 7.55. The topological polar surface area (TPSA) is 58.4 Å². The van der Waals surface area contributed by atoms with Crippen LogP contribution in [-0.4, -0.2) is 53.6 Å². The zero-order chi connectivity index (χ0) is 19.8. The van der Waals surface area contributed by atoms with Crippen molar-refractivity contribution in [3.8, 4) is 0 Å². The van der Waals surface area contributed by atoms with Crippen molar-refractivity contribution in [2.24, 2.45) is 7.05 Å². The summed E-state index contributed by atoms with van der Waals surface area (Å²) in [7, 11) is -1.62. The van der Waals surface area contributed by atoms with E-state index in [9.17, 15) is 8.42 Å². The van der Waals surface area contributed by atoms with Crippen molar-refractivity contribution in [3.63, 3.8) is 0 Å². The van der Waals surface area contributed by atoms with Crippen LogP contribution in [0, 0.1) is 6.92 Å². The van der Waals surface area contributed by atoms with E-state index in [0.717, 1.165) is 16.8 Å². The highest BCUT2D eigenvalue weighted by Crippen LogP contribution is 2.24. The number of benzene rings is 1. The number of sulfonamides is 1. The zero-order valence-corrected chi connectivity index (χ0v) is 17.9. The number of rotatable bonds is 5. The van der Waals surface area contributed by atoms with Gasteiger partial charge in [0.1, 0.15) is 5.15 Å². The van der Waals surface area contributed by atoms with Crippen LogP contribution in [0.3, 0.4) is 0 Å². The van der Waals surface area contributed by atoms with Gasteiger partial charge in [-0.1, -0.05) is 37.6 Å². The summed E-state index contributed by atoms with van der Waals surface area (Å²) in [5, 5.41) is 4.99. The van der Waals surface area contributed by atoms with Gasteiger partial charge in [0.15, 0.2) is 0 Å². The molecule has 1 saturated heterocycles. The number of hydrogen-bond acceptors (Lipinski definition) is 4. The number of nitrogens with zero attached hydrogens (tertiary/aromatic N) is 4. The summed E-state index contributed by atoms with van der Waals surface area (Å²) >= 11 is 6.32. The van der Waals surface area contributed by atoms with Crippen molar-refractivity contribution in [2.45, 2.75) is 38.1 Å². The summed E-state index contributed by atoms with van der Waals surface area (Å²) in [6.45, 7) is 9.13. The molecule has 27 heavy (non-hydrogen) atoms. The second-order valence-corrected chi connectivity index (χ2v) is 9.68. The molecule has 0 saturated carbocycles. The Morgan fingerprint density at radius 3 is 2.19 bits per heavy atom. The molecule has 1 aromatic heterocycles. The summed E-state index contributed by atoms with van der Waals surface area (Å²) in [4.78, 5) is 2.59. The van der Waals surface area contributed by atoms with Crippen LogP contribution in [0.2, 0.25) is 5.15 Å². The Balaban J connectivity index is 1.65. The monoisotopic (exact) mass is 410 g/mol. The van der Waals surface area contributed by atoms with Crippen molar-refractivity contribution in [3.05, 3.63) is 46.2 Å². The zero-order valence-electron chi connectivity index (χ0n) is 16.3. The molecule has 148 valence electrons. The van der Waals surface area contributed by atoms with E-state index in [-0.39, 0.29) is 0 Å². The van der Waals surface area contributed by atoms with Crippen LogP contribution in [0.4, 0.5) is 0 Å². The SMILES string of the molecule is Cc1nn(C)c(Cl)c1CN1CCN(S(=O)(=O)c2ccc(C(C)C)cc2)CC1. The van der Waals surface area contributed by atoms with Crippen molar-refractivity contribution in [1.29, 1.82) is 0 Å². The second kappa shape index (κ2) is 7.91. The summed E-state index contributed by atoms with van der Waals surface area (Å²) < 4.78 is 29.1. The van der Waals surface area contributed by atoms with Gasteiger partial charge in [0, 0.05) is 45.3 Å². The second-order valence-electron chi connectivity index (χ2n) is 7.38. The van der Waals surface area contributed by atoms with Gasteiger partial charge in [-0.05, 0) is 30.5 Å². The Bertz CT molecular complexity index is 899. The fourth-order valence-corrected chi connectivity index (χ4v) is 5.04. The number of aromatic nitrogens is 2. The van der Waals surface area contributed by atoms with Gasteiger partial charge in [0.2, 0.25) is 10.0 Å². The molecular formula is C19H27ClN4O2S. The molecule has 6 nitrogen and oxygen atoms in total. The first kappa shape index (κ1) is 20.3. The lowest BCUT2D eigenvalue weighted by molar-refractivity contribution is 0.181. The predicted molar refractivity (Wildman–Crippen MR) is 108 cm³/mol. The Kier molecular flexibility index (Phi) is 5.96. The Morgan fingerprint density at radius 2 is 1.70 bits per heavy atom. The third-order valence-electron chi connectivity index (χ3n) is 5.17. The van der Waals surface area contributed by atoms with E-state index in [1.807, 2.05) is 26.1 Å². The smallest absolute Gasteiger partial charge is 0.243 e. The first-order valence-corrected chi connectivity index (χ1v) is 11.0. The van der Waals surface area contributed by atoms with Gasteiger partial charge in [0.05, 0.1) is 10.6 Å². The highest BCUT2D eigenvalue weighted by atomic mass is 35.5. The minimum absolute atomic E-state index is 0.367. The standard InChI is InChI=1S/C19H27ClN4O2S/c1-14(2)16-5-7-17(8-6-16)27(25,26)24-11-9-23(10-12-24)13-18-15(3)21-22(4)19(18)20/h5-8,14H,9-13H2,1-4H3. The van der Waals surface area contributed by atoms with Crippen LogP contribution in [0.15, 0.2) is 29.2 Å². The number of piperazine rings is 1. The normalized spacial score (nSPS) is 17.0. The largest absolute Gasteiger partial charge is 0.296 e. The van der Waals surface area contributed by atoms with Crippen LogP contribution >= 0.6 is 11.6 Å².